The lowest BCUT2D eigenvalue weighted by Gasteiger charge is -2.36. The molecule has 28 heavy (non-hydrogen) atoms. The predicted molar refractivity (Wildman–Crippen MR) is 111 cm³/mol. The van der Waals surface area contributed by atoms with E-state index in [-0.39, 0.29) is 11.7 Å². The molecule has 2 heterocycles. The third-order valence-electron chi connectivity index (χ3n) is 4.95. The van der Waals surface area contributed by atoms with Crippen LogP contribution in [0.25, 0.3) is 11.3 Å². The van der Waals surface area contributed by atoms with E-state index in [0.717, 1.165) is 24.6 Å². The second kappa shape index (κ2) is 7.59. The number of nitrogen functional groups attached to an aromatic ring is 1. The molecular formula is C21H21FN4OS. The Morgan fingerprint density at radius 1 is 1.11 bits per heavy atom. The van der Waals surface area contributed by atoms with Gasteiger partial charge in [0.1, 0.15) is 16.4 Å². The fraction of sp³-hybridized carbons (Fsp3) is 0.238. The average Bonchev–Trinajstić information content (AvgIpc) is 3.09. The first-order valence-corrected chi connectivity index (χ1v) is 9.92. The van der Waals surface area contributed by atoms with E-state index in [4.69, 9.17) is 5.73 Å². The third-order valence-corrected chi connectivity index (χ3v) is 5.80. The maximum atomic E-state index is 13.5. The Labute approximate surface area is 167 Å². The van der Waals surface area contributed by atoms with Gasteiger partial charge in [-0.25, -0.2) is 4.39 Å². The molecular weight excluding hydrogens is 375 g/mol. The van der Waals surface area contributed by atoms with Gasteiger partial charge >= 0.3 is 0 Å². The predicted octanol–water partition coefficient (Wildman–Crippen LogP) is 3.80. The van der Waals surface area contributed by atoms with Crippen molar-refractivity contribution in [3.63, 3.8) is 0 Å². The number of carbonyl (C=O) groups is 1. The van der Waals surface area contributed by atoms with E-state index in [1.165, 1.54) is 23.4 Å². The van der Waals surface area contributed by atoms with Gasteiger partial charge in [0.25, 0.3) is 5.91 Å². The van der Waals surface area contributed by atoms with Gasteiger partial charge in [-0.2, -0.15) is 4.37 Å². The monoisotopic (exact) mass is 396 g/mol. The van der Waals surface area contributed by atoms with Crippen LogP contribution >= 0.6 is 11.5 Å². The Kier molecular flexibility index (Phi) is 5.00. The number of piperazine rings is 1. The Balaban J connectivity index is 1.47. The first-order valence-electron chi connectivity index (χ1n) is 9.15. The van der Waals surface area contributed by atoms with Crippen LogP contribution in [0.5, 0.6) is 0 Å². The minimum Gasteiger partial charge on any atom is -0.396 e. The van der Waals surface area contributed by atoms with E-state index in [1.54, 1.807) is 12.1 Å². The lowest BCUT2D eigenvalue weighted by molar-refractivity contribution is 0.0752. The van der Waals surface area contributed by atoms with E-state index < -0.39 is 0 Å². The van der Waals surface area contributed by atoms with Crippen molar-refractivity contribution in [1.29, 1.82) is 0 Å². The van der Waals surface area contributed by atoms with Gasteiger partial charge in [-0.3, -0.25) is 4.79 Å². The molecule has 1 amide bonds. The zero-order valence-electron chi connectivity index (χ0n) is 15.6. The van der Waals surface area contributed by atoms with Gasteiger partial charge in [0.15, 0.2) is 0 Å². The molecule has 1 fully saturated rings. The number of aromatic nitrogens is 1. The van der Waals surface area contributed by atoms with Crippen molar-refractivity contribution in [2.45, 2.75) is 6.92 Å². The maximum Gasteiger partial charge on any atom is 0.267 e. The number of nitrogens with two attached hydrogens (primary N) is 1. The second-order valence-corrected chi connectivity index (χ2v) is 7.68. The highest BCUT2D eigenvalue weighted by atomic mass is 32.1. The summed E-state index contributed by atoms with van der Waals surface area (Å²) in [6.07, 6.45) is 0. The number of nitrogens with zero attached hydrogens (tertiary/aromatic N) is 3. The van der Waals surface area contributed by atoms with E-state index in [1.807, 2.05) is 11.0 Å². The van der Waals surface area contributed by atoms with E-state index in [2.05, 4.69) is 34.4 Å². The SMILES string of the molecule is Cc1cccc(N2CCN(C(=O)c3snc(-c4cccc(F)c4)c3N)CC2)c1. The Bertz CT molecular complexity index is 1010. The van der Waals surface area contributed by atoms with Crippen LogP contribution in [0.4, 0.5) is 15.8 Å². The van der Waals surface area contributed by atoms with Gasteiger partial charge in [-0.05, 0) is 48.3 Å². The quantitative estimate of drug-likeness (QED) is 0.731. The largest absolute Gasteiger partial charge is 0.396 e. The van der Waals surface area contributed by atoms with Gasteiger partial charge in [0, 0.05) is 37.4 Å². The smallest absolute Gasteiger partial charge is 0.267 e. The van der Waals surface area contributed by atoms with Crippen molar-refractivity contribution in [3.05, 3.63) is 64.8 Å². The highest BCUT2D eigenvalue weighted by Gasteiger charge is 2.27. The normalized spacial score (nSPS) is 14.4. The van der Waals surface area contributed by atoms with Crippen molar-refractivity contribution >= 4 is 28.8 Å². The topological polar surface area (TPSA) is 62.5 Å². The number of benzene rings is 2. The summed E-state index contributed by atoms with van der Waals surface area (Å²) >= 11 is 1.08. The number of rotatable bonds is 3. The van der Waals surface area contributed by atoms with Crippen molar-refractivity contribution in [2.75, 3.05) is 36.8 Å². The van der Waals surface area contributed by atoms with Crippen LogP contribution in [0.3, 0.4) is 0 Å². The molecule has 4 rings (SSSR count). The molecule has 0 spiro atoms. The third kappa shape index (κ3) is 3.57. The van der Waals surface area contributed by atoms with Gasteiger partial charge < -0.3 is 15.5 Å². The van der Waals surface area contributed by atoms with Crippen molar-refractivity contribution in [2.24, 2.45) is 0 Å². The van der Waals surface area contributed by atoms with Crippen LogP contribution < -0.4 is 10.6 Å². The van der Waals surface area contributed by atoms with Gasteiger partial charge in [0.05, 0.1) is 5.69 Å². The lowest BCUT2D eigenvalue weighted by atomic mass is 10.1. The first-order chi connectivity index (χ1) is 13.5. The average molecular weight is 396 g/mol. The summed E-state index contributed by atoms with van der Waals surface area (Å²) < 4.78 is 17.8. The minimum atomic E-state index is -0.356. The number of hydrogen-bond donors (Lipinski definition) is 1. The van der Waals surface area contributed by atoms with Crippen molar-refractivity contribution in [3.8, 4) is 11.3 Å². The number of anilines is 2. The molecule has 0 bridgehead atoms. The maximum absolute atomic E-state index is 13.5. The lowest BCUT2D eigenvalue weighted by Crippen LogP contribution is -2.48. The number of amides is 1. The Hall–Kier alpha value is -2.93. The Morgan fingerprint density at radius 2 is 1.86 bits per heavy atom. The summed E-state index contributed by atoms with van der Waals surface area (Å²) in [5.74, 6) is -0.466. The second-order valence-electron chi connectivity index (χ2n) is 6.90. The highest BCUT2D eigenvalue weighted by Crippen LogP contribution is 2.32. The van der Waals surface area contributed by atoms with Crippen LogP contribution in [0.1, 0.15) is 15.2 Å². The van der Waals surface area contributed by atoms with Crippen molar-refractivity contribution < 1.29 is 9.18 Å². The molecule has 1 aromatic heterocycles. The summed E-state index contributed by atoms with van der Waals surface area (Å²) in [5, 5.41) is 0. The molecule has 0 unspecified atom stereocenters. The van der Waals surface area contributed by atoms with Crippen LogP contribution in [-0.2, 0) is 0 Å². The molecule has 1 aliphatic heterocycles. The summed E-state index contributed by atoms with van der Waals surface area (Å²) in [6, 6.07) is 14.5. The highest BCUT2D eigenvalue weighted by molar-refractivity contribution is 7.09. The molecule has 3 aromatic rings. The number of aryl methyl sites for hydroxylation is 1. The number of halogens is 1. The molecule has 144 valence electrons. The molecule has 0 radical (unpaired) electrons. The fourth-order valence-corrected chi connectivity index (χ4v) is 4.22. The summed E-state index contributed by atoms with van der Waals surface area (Å²) in [4.78, 5) is 17.5. The van der Waals surface area contributed by atoms with E-state index in [0.29, 0.717) is 34.9 Å². The molecule has 2 N–H and O–H groups in total. The summed E-state index contributed by atoms with van der Waals surface area (Å²) in [5.41, 5.74) is 9.96. The molecule has 1 saturated heterocycles. The minimum absolute atomic E-state index is 0.110. The van der Waals surface area contributed by atoms with Crippen LogP contribution in [0.15, 0.2) is 48.5 Å². The standard InChI is InChI=1S/C21H21FN4OS/c1-14-4-2-7-17(12-14)25-8-10-26(11-9-25)21(27)20-18(23)19(24-28-20)15-5-3-6-16(22)13-15/h2-7,12-13H,8-11,23H2,1H3. The zero-order valence-corrected chi connectivity index (χ0v) is 16.4. The van der Waals surface area contributed by atoms with Gasteiger partial charge in [0.2, 0.25) is 0 Å². The fourth-order valence-electron chi connectivity index (χ4n) is 3.43. The zero-order chi connectivity index (χ0) is 19.7. The van der Waals surface area contributed by atoms with Gasteiger partial charge in [-0.1, -0.05) is 24.3 Å². The molecule has 5 nitrogen and oxygen atoms in total. The van der Waals surface area contributed by atoms with Crippen LogP contribution in [0.2, 0.25) is 0 Å². The number of hydrogen-bond acceptors (Lipinski definition) is 5. The summed E-state index contributed by atoms with van der Waals surface area (Å²) in [6.45, 7) is 4.86. The molecule has 2 aromatic carbocycles. The van der Waals surface area contributed by atoms with Gasteiger partial charge in [-0.15, -0.1) is 0 Å². The van der Waals surface area contributed by atoms with E-state index in [9.17, 15) is 9.18 Å². The van der Waals surface area contributed by atoms with Crippen molar-refractivity contribution in [1.82, 2.24) is 9.27 Å². The number of carbonyl (C=O) groups excluding carboxylic acids is 1. The molecule has 1 aliphatic rings. The van der Waals surface area contributed by atoms with Crippen LogP contribution in [0, 0.1) is 12.7 Å². The Morgan fingerprint density at radius 3 is 2.57 bits per heavy atom. The summed E-state index contributed by atoms with van der Waals surface area (Å²) in [7, 11) is 0. The molecule has 0 atom stereocenters. The molecule has 7 heteroatoms. The molecule has 0 aliphatic carbocycles. The molecule has 0 saturated carbocycles. The van der Waals surface area contributed by atoms with Crippen LogP contribution in [-0.4, -0.2) is 41.4 Å². The first kappa shape index (κ1) is 18.4. The van der Waals surface area contributed by atoms with E-state index >= 15 is 0 Å².